The fourth-order valence-electron chi connectivity index (χ4n) is 1.68. The van der Waals surface area contributed by atoms with Crippen LogP contribution < -0.4 is 5.32 Å². The number of hydrogen-bond acceptors (Lipinski definition) is 2. The second-order valence-corrected chi connectivity index (χ2v) is 4.96. The molecule has 1 aromatic carbocycles. The smallest absolute Gasteiger partial charge is 0.132 e. The number of nitrogens with one attached hydrogen (secondary N) is 2. The highest BCUT2D eigenvalue weighted by molar-refractivity contribution is 9.10. The Morgan fingerprint density at radius 3 is 3.06 bits per heavy atom. The van der Waals surface area contributed by atoms with E-state index in [0.717, 1.165) is 23.3 Å². The van der Waals surface area contributed by atoms with Gasteiger partial charge >= 0.3 is 0 Å². The predicted octanol–water partition coefficient (Wildman–Crippen LogP) is 3.48. The lowest BCUT2D eigenvalue weighted by Gasteiger charge is -2.01. The molecule has 0 atom stereocenters. The number of hydrogen-bond donors (Lipinski definition) is 2. The summed E-state index contributed by atoms with van der Waals surface area (Å²) in [7, 11) is 0. The molecule has 0 amide bonds. The number of halogens is 2. The first-order valence-electron chi connectivity index (χ1n) is 5.90. The molecule has 0 bridgehead atoms. The van der Waals surface area contributed by atoms with Crippen LogP contribution in [0.15, 0.2) is 28.9 Å². The van der Waals surface area contributed by atoms with Gasteiger partial charge in [0.05, 0.1) is 18.4 Å². The molecule has 1 aromatic heterocycles. The molecule has 1 heterocycles. The summed E-state index contributed by atoms with van der Waals surface area (Å²) in [5.41, 5.74) is 1.22. The van der Waals surface area contributed by atoms with Gasteiger partial charge in [0.2, 0.25) is 0 Å². The van der Waals surface area contributed by atoms with Gasteiger partial charge in [0.25, 0.3) is 0 Å². The maximum Gasteiger partial charge on any atom is 0.132 e. The van der Waals surface area contributed by atoms with Crippen LogP contribution >= 0.6 is 15.9 Å². The molecular formula is C13H15BrFN3. The molecule has 3 nitrogen and oxygen atoms in total. The highest BCUT2D eigenvalue weighted by Gasteiger charge is 2.08. The summed E-state index contributed by atoms with van der Waals surface area (Å²) in [6, 6.07) is 4.86. The predicted molar refractivity (Wildman–Crippen MR) is 73.7 cm³/mol. The Hall–Kier alpha value is -1.20. The first-order valence-corrected chi connectivity index (χ1v) is 6.70. The van der Waals surface area contributed by atoms with Crippen molar-refractivity contribution in [1.29, 1.82) is 0 Å². The Morgan fingerprint density at radius 2 is 2.28 bits per heavy atom. The molecule has 0 aliphatic rings. The monoisotopic (exact) mass is 311 g/mol. The summed E-state index contributed by atoms with van der Waals surface area (Å²) < 4.78 is 14.5. The van der Waals surface area contributed by atoms with Gasteiger partial charge in [-0.15, -0.1) is 0 Å². The highest BCUT2D eigenvalue weighted by atomic mass is 79.9. The van der Waals surface area contributed by atoms with E-state index in [1.54, 1.807) is 18.3 Å². The lowest BCUT2D eigenvalue weighted by molar-refractivity contribution is 0.630. The third-order valence-electron chi connectivity index (χ3n) is 2.57. The van der Waals surface area contributed by atoms with Crippen molar-refractivity contribution in [2.75, 3.05) is 6.54 Å². The maximum atomic E-state index is 13.7. The van der Waals surface area contributed by atoms with Crippen molar-refractivity contribution in [3.63, 3.8) is 0 Å². The van der Waals surface area contributed by atoms with Crippen LogP contribution in [-0.2, 0) is 6.54 Å². The fourth-order valence-corrected chi connectivity index (χ4v) is 2.04. The molecule has 0 fully saturated rings. The molecule has 2 N–H and O–H groups in total. The van der Waals surface area contributed by atoms with Gasteiger partial charge in [-0.3, -0.25) is 0 Å². The third kappa shape index (κ3) is 3.17. The van der Waals surface area contributed by atoms with Gasteiger partial charge in [-0.25, -0.2) is 9.37 Å². The van der Waals surface area contributed by atoms with E-state index in [4.69, 9.17) is 0 Å². The van der Waals surface area contributed by atoms with Crippen molar-refractivity contribution in [1.82, 2.24) is 15.3 Å². The maximum absolute atomic E-state index is 13.7. The lowest BCUT2D eigenvalue weighted by Crippen LogP contribution is -2.14. The van der Waals surface area contributed by atoms with E-state index in [0.29, 0.717) is 17.8 Å². The van der Waals surface area contributed by atoms with E-state index in [1.165, 1.54) is 6.07 Å². The Bertz CT molecular complexity index is 525. The van der Waals surface area contributed by atoms with Gasteiger partial charge < -0.3 is 10.3 Å². The second kappa shape index (κ2) is 6.11. The molecule has 0 unspecified atom stereocenters. The van der Waals surface area contributed by atoms with Crippen LogP contribution in [0, 0.1) is 5.82 Å². The van der Waals surface area contributed by atoms with Gasteiger partial charge in [-0.2, -0.15) is 0 Å². The van der Waals surface area contributed by atoms with Crippen LogP contribution in [0.2, 0.25) is 0 Å². The summed E-state index contributed by atoms with van der Waals surface area (Å²) in [6.45, 7) is 3.72. The second-order valence-electron chi connectivity index (χ2n) is 4.04. The molecule has 0 radical (unpaired) electrons. The lowest BCUT2D eigenvalue weighted by atomic mass is 10.1. The summed E-state index contributed by atoms with van der Waals surface area (Å²) in [5.74, 6) is 0.563. The number of aromatic amines is 1. The average Bonchev–Trinajstić information content (AvgIpc) is 2.81. The van der Waals surface area contributed by atoms with Crippen LogP contribution in [0.5, 0.6) is 0 Å². The first-order chi connectivity index (χ1) is 8.70. The standard InChI is InChI=1S/C13H15BrFN3/c1-2-5-16-8-13-17-7-12(18-13)10-6-9(14)3-4-11(10)15/h3-4,6-7,16H,2,5,8H2,1H3,(H,17,18). The number of rotatable bonds is 5. The van der Waals surface area contributed by atoms with Gasteiger partial charge in [-0.05, 0) is 31.2 Å². The van der Waals surface area contributed by atoms with Gasteiger partial charge in [0, 0.05) is 10.0 Å². The number of H-pyrrole nitrogens is 1. The van der Waals surface area contributed by atoms with Crippen molar-refractivity contribution < 1.29 is 4.39 Å². The van der Waals surface area contributed by atoms with Crippen LogP contribution in [0.1, 0.15) is 19.2 Å². The van der Waals surface area contributed by atoms with Crippen molar-refractivity contribution in [2.45, 2.75) is 19.9 Å². The van der Waals surface area contributed by atoms with E-state index in [2.05, 4.69) is 38.1 Å². The zero-order chi connectivity index (χ0) is 13.0. The van der Waals surface area contributed by atoms with Crippen LogP contribution in [-0.4, -0.2) is 16.5 Å². The number of nitrogens with zero attached hydrogens (tertiary/aromatic N) is 1. The van der Waals surface area contributed by atoms with Crippen molar-refractivity contribution in [2.24, 2.45) is 0 Å². The third-order valence-corrected chi connectivity index (χ3v) is 3.06. The number of imidazole rings is 1. The topological polar surface area (TPSA) is 40.7 Å². The molecule has 2 aromatic rings. The Balaban J connectivity index is 2.16. The average molecular weight is 312 g/mol. The molecule has 0 spiro atoms. The molecule has 0 saturated carbocycles. The summed E-state index contributed by atoms with van der Waals surface area (Å²) >= 11 is 3.34. The molecule has 0 saturated heterocycles. The summed E-state index contributed by atoms with van der Waals surface area (Å²) in [6.07, 6.45) is 2.74. The molecule has 96 valence electrons. The zero-order valence-corrected chi connectivity index (χ0v) is 11.7. The minimum atomic E-state index is -0.255. The van der Waals surface area contributed by atoms with E-state index in [9.17, 15) is 4.39 Å². The Morgan fingerprint density at radius 1 is 1.44 bits per heavy atom. The minimum absolute atomic E-state index is 0.255. The molecular weight excluding hydrogens is 297 g/mol. The van der Waals surface area contributed by atoms with Crippen LogP contribution in [0.25, 0.3) is 11.3 Å². The van der Waals surface area contributed by atoms with Gasteiger partial charge in [0.15, 0.2) is 0 Å². The Kier molecular flexibility index (Phi) is 4.49. The van der Waals surface area contributed by atoms with Gasteiger partial charge in [0.1, 0.15) is 11.6 Å². The van der Waals surface area contributed by atoms with Gasteiger partial charge in [-0.1, -0.05) is 22.9 Å². The largest absolute Gasteiger partial charge is 0.341 e. The Labute approximate surface area is 114 Å². The van der Waals surface area contributed by atoms with Crippen molar-refractivity contribution >= 4 is 15.9 Å². The number of benzene rings is 1. The molecule has 0 aliphatic heterocycles. The quantitative estimate of drug-likeness (QED) is 0.830. The molecule has 0 aliphatic carbocycles. The first kappa shape index (κ1) is 13.2. The highest BCUT2D eigenvalue weighted by Crippen LogP contribution is 2.24. The normalized spacial score (nSPS) is 10.8. The molecule has 5 heteroatoms. The number of aromatic nitrogens is 2. The molecule has 18 heavy (non-hydrogen) atoms. The van der Waals surface area contributed by atoms with Crippen LogP contribution in [0.4, 0.5) is 4.39 Å². The van der Waals surface area contributed by atoms with E-state index in [-0.39, 0.29) is 5.82 Å². The van der Waals surface area contributed by atoms with Crippen LogP contribution in [0.3, 0.4) is 0 Å². The van der Waals surface area contributed by atoms with Crippen molar-refractivity contribution in [3.8, 4) is 11.3 Å². The SMILES string of the molecule is CCCNCc1ncc(-c2cc(Br)ccc2F)[nH]1. The summed E-state index contributed by atoms with van der Waals surface area (Å²) in [5, 5.41) is 3.25. The fraction of sp³-hybridized carbons (Fsp3) is 0.308. The summed E-state index contributed by atoms with van der Waals surface area (Å²) in [4.78, 5) is 7.36. The minimum Gasteiger partial charge on any atom is -0.341 e. The van der Waals surface area contributed by atoms with Crippen molar-refractivity contribution in [3.05, 3.63) is 40.5 Å². The zero-order valence-electron chi connectivity index (χ0n) is 10.1. The molecule has 2 rings (SSSR count). The van der Waals surface area contributed by atoms with E-state index in [1.807, 2.05) is 0 Å². The van der Waals surface area contributed by atoms with E-state index < -0.39 is 0 Å². The van der Waals surface area contributed by atoms with E-state index >= 15 is 0 Å².